The lowest BCUT2D eigenvalue weighted by atomic mass is 10.1. The van der Waals surface area contributed by atoms with Crippen molar-refractivity contribution in [3.05, 3.63) is 106 Å². The van der Waals surface area contributed by atoms with Gasteiger partial charge in [0.05, 0.1) is 28.4 Å². The summed E-state index contributed by atoms with van der Waals surface area (Å²) in [6, 6.07) is 15.2. The van der Waals surface area contributed by atoms with E-state index in [-0.39, 0.29) is 11.4 Å². The predicted octanol–water partition coefficient (Wildman–Crippen LogP) is 3.35. The lowest BCUT2D eigenvalue weighted by molar-refractivity contribution is 0.112. The smallest absolute Gasteiger partial charge is 0.267 e. The van der Waals surface area contributed by atoms with Crippen LogP contribution in [0.5, 0.6) is 0 Å². The van der Waals surface area contributed by atoms with E-state index < -0.39 is 0 Å². The van der Waals surface area contributed by atoms with E-state index in [1.807, 2.05) is 55.5 Å². The number of aldehydes is 1. The zero-order chi connectivity index (χ0) is 29.8. The van der Waals surface area contributed by atoms with Crippen LogP contribution in [0, 0.1) is 11.8 Å². The molecule has 0 saturated heterocycles. The molecule has 0 aliphatic heterocycles. The fraction of sp³-hybridized carbons (Fsp3) is 0.133. The van der Waals surface area contributed by atoms with Gasteiger partial charge in [0.1, 0.15) is 11.4 Å². The van der Waals surface area contributed by atoms with Crippen molar-refractivity contribution < 1.29 is 4.79 Å². The number of rotatable bonds is 5. The van der Waals surface area contributed by atoms with Crippen LogP contribution in [0.15, 0.2) is 83.4 Å². The van der Waals surface area contributed by atoms with Gasteiger partial charge in [0, 0.05) is 31.4 Å². The second kappa shape index (κ2) is 14.5. The monoisotopic (exact) mass is 549 g/mol. The molecule has 11 heteroatoms. The molecule has 3 heterocycles. The first kappa shape index (κ1) is 29.9. The van der Waals surface area contributed by atoms with Crippen molar-refractivity contribution >= 4 is 35.0 Å². The summed E-state index contributed by atoms with van der Waals surface area (Å²) < 4.78 is 3.12. The van der Waals surface area contributed by atoms with E-state index >= 15 is 0 Å². The van der Waals surface area contributed by atoms with Gasteiger partial charge in [-0.3, -0.25) is 19.3 Å². The van der Waals surface area contributed by atoms with Crippen LogP contribution in [0.3, 0.4) is 0 Å². The number of carbonyl (C=O) groups is 1. The molecule has 0 bridgehead atoms. The van der Waals surface area contributed by atoms with Crippen molar-refractivity contribution in [3.63, 3.8) is 0 Å². The Morgan fingerprint density at radius 1 is 1.12 bits per heavy atom. The molecule has 0 atom stereocenters. The fourth-order valence-corrected chi connectivity index (χ4v) is 3.86. The molecule has 0 amide bonds. The van der Waals surface area contributed by atoms with Crippen LogP contribution in [0.1, 0.15) is 34.2 Å². The maximum absolute atomic E-state index is 13.3. The van der Waals surface area contributed by atoms with Gasteiger partial charge >= 0.3 is 0 Å². The Morgan fingerprint density at radius 2 is 1.88 bits per heavy atom. The van der Waals surface area contributed by atoms with E-state index in [0.29, 0.717) is 40.6 Å². The number of carbonyl (C=O) groups excluding carboxylic acids is 1. The number of aryl methyl sites for hydroxylation is 2. The molecule has 208 valence electrons. The Labute approximate surface area is 237 Å². The second-order valence-electron chi connectivity index (χ2n) is 8.17. The molecule has 0 aliphatic rings. The van der Waals surface area contributed by atoms with Crippen molar-refractivity contribution in [2.45, 2.75) is 13.3 Å². The highest BCUT2D eigenvalue weighted by Crippen LogP contribution is 2.21. The van der Waals surface area contributed by atoms with Crippen molar-refractivity contribution in [2.24, 2.45) is 17.8 Å². The first-order valence-electron chi connectivity index (χ1n) is 12.6. The summed E-state index contributed by atoms with van der Waals surface area (Å²) in [5.41, 5.74) is 13.1. The molecule has 0 aliphatic carbocycles. The van der Waals surface area contributed by atoms with E-state index in [1.54, 1.807) is 24.0 Å². The number of aliphatic imine (C=N–C) groups is 1. The number of para-hydroxylation sites is 1. The highest BCUT2D eigenvalue weighted by atomic mass is 16.1. The van der Waals surface area contributed by atoms with Gasteiger partial charge in [-0.15, -0.1) is 0 Å². The van der Waals surface area contributed by atoms with Gasteiger partial charge in [0.25, 0.3) is 5.56 Å². The first-order chi connectivity index (χ1) is 20.0. The third kappa shape index (κ3) is 6.89. The summed E-state index contributed by atoms with van der Waals surface area (Å²) in [7, 11) is 3.17. The zero-order valence-corrected chi connectivity index (χ0v) is 23.1. The number of nitrogen functional groups attached to an aromatic ring is 1. The lowest BCUT2D eigenvalue weighted by Crippen LogP contribution is -2.24. The number of nitrogens with zero attached hydrogens (tertiary/aromatic N) is 6. The Kier molecular flexibility index (Phi) is 10.6. The van der Waals surface area contributed by atoms with Crippen molar-refractivity contribution in [1.82, 2.24) is 29.5 Å². The van der Waals surface area contributed by atoms with Gasteiger partial charge in [-0.05, 0) is 31.3 Å². The van der Waals surface area contributed by atoms with Crippen LogP contribution < -0.4 is 17.0 Å². The quantitative estimate of drug-likeness (QED) is 0.172. The highest BCUT2D eigenvalue weighted by Gasteiger charge is 2.14. The zero-order valence-electron chi connectivity index (χ0n) is 23.1. The number of H-pyrrole nitrogens is 1. The molecule has 5 aromatic rings. The summed E-state index contributed by atoms with van der Waals surface area (Å²) in [6.07, 6.45) is 7.64. The van der Waals surface area contributed by atoms with Crippen LogP contribution >= 0.6 is 0 Å². The topological polar surface area (TPSA) is 163 Å². The summed E-state index contributed by atoms with van der Waals surface area (Å²) in [5.74, 6) is 7.47. The number of aromatic nitrogens is 6. The molecule has 41 heavy (non-hydrogen) atoms. The molecule has 11 nitrogen and oxygen atoms in total. The Bertz CT molecular complexity index is 1770. The SMILES string of the molecule is C=C/C=N\c1c(C=O)c(N)nn1C.CCc1nc2cccc(C#Cc3cn[nH]c3)c2c(=O)n1-c1ccccc1.CN. The van der Waals surface area contributed by atoms with Crippen molar-refractivity contribution in [3.8, 4) is 17.5 Å². The third-order valence-electron chi connectivity index (χ3n) is 5.64. The van der Waals surface area contributed by atoms with Gasteiger partial charge in [0.2, 0.25) is 0 Å². The van der Waals surface area contributed by atoms with Crippen LogP contribution in [0.4, 0.5) is 11.6 Å². The Hall–Kier alpha value is -5.60. The molecule has 0 radical (unpaired) electrons. The summed E-state index contributed by atoms with van der Waals surface area (Å²) >= 11 is 0. The molecule has 3 aromatic heterocycles. The van der Waals surface area contributed by atoms with Gasteiger partial charge in [0.15, 0.2) is 17.9 Å². The molecule has 2 aromatic carbocycles. The summed E-state index contributed by atoms with van der Waals surface area (Å²) in [5, 5.41) is 11.0. The second-order valence-corrected chi connectivity index (χ2v) is 8.17. The van der Waals surface area contributed by atoms with Gasteiger partial charge in [-0.1, -0.05) is 55.7 Å². The molecule has 0 fully saturated rings. The minimum Gasteiger partial charge on any atom is -0.382 e. The maximum Gasteiger partial charge on any atom is 0.267 e. The first-order valence-corrected chi connectivity index (χ1v) is 12.6. The van der Waals surface area contributed by atoms with Gasteiger partial charge in [-0.25, -0.2) is 14.7 Å². The Morgan fingerprint density at radius 3 is 2.51 bits per heavy atom. The maximum atomic E-state index is 13.3. The average molecular weight is 550 g/mol. The largest absolute Gasteiger partial charge is 0.382 e. The molecule has 5 N–H and O–H groups in total. The Balaban J connectivity index is 0.000000261. The normalized spacial score (nSPS) is 10.1. The molecular weight excluding hydrogens is 518 g/mol. The molecular formula is C30H31N9O2. The van der Waals surface area contributed by atoms with E-state index in [1.165, 1.54) is 24.0 Å². The average Bonchev–Trinajstić information content (AvgIpc) is 3.62. The standard InChI is InChI=1S/C21H16N4O.C8H10N4O.CH5N/c1-2-19-24-18-10-6-7-16(12-11-15-13-22-23-14-15)20(18)21(26)25(19)17-8-4-3-5-9-17;1-3-4-10-8-6(5-13)7(9)11-12(8)2;1-2/h3-10,13-14H,2H2,1H3,(H,22,23);3-5H,1H2,2H3,(H2,9,11);2H2,1H3/b;10-4-;. The number of benzene rings is 2. The number of allylic oxidation sites excluding steroid dienone is 1. The summed E-state index contributed by atoms with van der Waals surface area (Å²) in [4.78, 5) is 32.6. The van der Waals surface area contributed by atoms with E-state index in [2.05, 4.69) is 44.4 Å². The van der Waals surface area contributed by atoms with Crippen LogP contribution in [-0.4, -0.2) is 49.1 Å². The van der Waals surface area contributed by atoms with Crippen molar-refractivity contribution in [2.75, 3.05) is 12.8 Å². The minimum atomic E-state index is -0.102. The third-order valence-corrected chi connectivity index (χ3v) is 5.64. The van der Waals surface area contributed by atoms with Crippen LogP contribution in [0.25, 0.3) is 16.6 Å². The van der Waals surface area contributed by atoms with Crippen LogP contribution in [0.2, 0.25) is 0 Å². The van der Waals surface area contributed by atoms with E-state index in [0.717, 1.165) is 17.1 Å². The molecule has 0 saturated carbocycles. The highest BCUT2D eigenvalue weighted by molar-refractivity contribution is 5.90. The number of hydrogen-bond acceptors (Lipinski definition) is 8. The van der Waals surface area contributed by atoms with Gasteiger partial charge < -0.3 is 11.5 Å². The number of anilines is 1. The minimum absolute atomic E-state index is 0.102. The van der Waals surface area contributed by atoms with Crippen LogP contribution in [-0.2, 0) is 13.5 Å². The number of hydrogen-bond donors (Lipinski definition) is 3. The van der Waals surface area contributed by atoms with Gasteiger partial charge in [-0.2, -0.15) is 10.2 Å². The fourth-order valence-electron chi connectivity index (χ4n) is 3.86. The van der Waals surface area contributed by atoms with Crippen molar-refractivity contribution in [1.29, 1.82) is 0 Å². The lowest BCUT2D eigenvalue weighted by Gasteiger charge is -2.13. The molecule has 5 rings (SSSR count). The number of nitrogens with one attached hydrogen (secondary N) is 1. The predicted molar refractivity (Wildman–Crippen MR) is 163 cm³/mol. The number of fused-ring (bicyclic) bond motifs is 1. The summed E-state index contributed by atoms with van der Waals surface area (Å²) in [6.45, 7) is 5.46. The number of nitrogens with two attached hydrogens (primary N) is 2. The molecule has 0 spiro atoms. The molecule has 0 unspecified atom stereocenters. The number of aromatic amines is 1. The van der Waals surface area contributed by atoms with E-state index in [4.69, 9.17) is 10.7 Å². The van der Waals surface area contributed by atoms with E-state index in [9.17, 15) is 9.59 Å².